The molecule has 4 nitrogen and oxygen atoms in total. The first-order chi connectivity index (χ1) is 8.03. The first-order valence-electron chi connectivity index (χ1n) is 6.71. The van der Waals surface area contributed by atoms with Gasteiger partial charge in [0.1, 0.15) is 0 Å². The number of hydrogen-bond acceptors (Lipinski definition) is 4. The van der Waals surface area contributed by atoms with Crippen LogP contribution in [-0.4, -0.2) is 67.8 Å². The molecule has 0 radical (unpaired) electrons. The minimum atomic E-state index is 0.0963. The molecule has 0 saturated carbocycles. The van der Waals surface area contributed by atoms with Crippen molar-refractivity contribution in [1.29, 1.82) is 0 Å². The predicted octanol–water partition coefficient (Wildman–Crippen LogP) is 0.766. The minimum absolute atomic E-state index is 0.0963. The molecule has 1 atom stereocenters. The monoisotopic (exact) mass is 243 g/mol. The van der Waals surface area contributed by atoms with Crippen LogP contribution < -0.4 is 5.73 Å². The SMILES string of the molecule is COCCC(C)(CN)N1CCN(C(C)C)CC1. The Hall–Kier alpha value is -0.160. The Morgan fingerprint density at radius 1 is 1.24 bits per heavy atom. The molecule has 0 aromatic rings. The molecule has 17 heavy (non-hydrogen) atoms. The molecule has 1 unspecified atom stereocenters. The molecule has 1 heterocycles. The molecule has 1 aliphatic rings. The van der Waals surface area contributed by atoms with Crippen molar-refractivity contribution in [2.24, 2.45) is 5.73 Å². The summed E-state index contributed by atoms with van der Waals surface area (Å²) in [7, 11) is 1.76. The van der Waals surface area contributed by atoms with Gasteiger partial charge in [0.15, 0.2) is 0 Å². The number of hydrogen-bond donors (Lipinski definition) is 1. The van der Waals surface area contributed by atoms with Gasteiger partial charge in [-0.15, -0.1) is 0 Å². The van der Waals surface area contributed by atoms with Crippen molar-refractivity contribution in [3.05, 3.63) is 0 Å². The molecule has 1 fully saturated rings. The molecule has 0 amide bonds. The third-order valence-electron chi connectivity index (χ3n) is 4.09. The zero-order valence-corrected chi connectivity index (χ0v) is 11.9. The highest BCUT2D eigenvalue weighted by Crippen LogP contribution is 2.21. The Balaban J connectivity index is 2.49. The highest BCUT2D eigenvalue weighted by atomic mass is 16.5. The maximum Gasteiger partial charge on any atom is 0.0480 e. The van der Waals surface area contributed by atoms with Crippen LogP contribution >= 0.6 is 0 Å². The molecule has 4 heteroatoms. The molecule has 0 aromatic carbocycles. The van der Waals surface area contributed by atoms with E-state index in [1.165, 1.54) is 0 Å². The fraction of sp³-hybridized carbons (Fsp3) is 1.00. The first-order valence-corrected chi connectivity index (χ1v) is 6.71. The van der Waals surface area contributed by atoms with Gasteiger partial charge >= 0.3 is 0 Å². The molecule has 0 aliphatic carbocycles. The van der Waals surface area contributed by atoms with E-state index in [2.05, 4.69) is 30.6 Å². The third-order valence-corrected chi connectivity index (χ3v) is 4.09. The average molecular weight is 243 g/mol. The summed E-state index contributed by atoms with van der Waals surface area (Å²) in [6.07, 6.45) is 1.02. The molecular formula is C13H29N3O. The molecule has 1 saturated heterocycles. The first kappa shape index (κ1) is 14.9. The maximum absolute atomic E-state index is 5.96. The normalized spacial score (nSPS) is 22.9. The number of rotatable bonds is 6. The topological polar surface area (TPSA) is 41.7 Å². The van der Waals surface area contributed by atoms with E-state index in [0.29, 0.717) is 12.6 Å². The second-order valence-electron chi connectivity index (χ2n) is 5.56. The second-order valence-corrected chi connectivity index (χ2v) is 5.56. The Morgan fingerprint density at radius 2 is 1.82 bits per heavy atom. The molecule has 0 spiro atoms. The van der Waals surface area contributed by atoms with Gasteiger partial charge in [0.2, 0.25) is 0 Å². The van der Waals surface area contributed by atoms with E-state index < -0.39 is 0 Å². The Bertz CT molecular complexity index is 215. The minimum Gasteiger partial charge on any atom is -0.385 e. The van der Waals surface area contributed by atoms with Crippen LogP contribution in [0, 0.1) is 0 Å². The van der Waals surface area contributed by atoms with E-state index in [9.17, 15) is 0 Å². The number of nitrogens with zero attached hydrogens (tertiary/aromatic N) is 2. The van der Waals surface area contributed by atoms with Gasteiger partial charge in [-0.05, 0) is 27.2 Å². The summed E-state index contributed by atoms with van der Waals surface area (Å²) < 4.78 is 5.20. The number of ether oxygens (including phenoxy) is 1. The van der Waals surface area contributed by atoms with Crippen molar-refractivity contribution >= 4 is 0 Å². The fourth-order valence-electron chi connectivity index (χ4n) is 2.49. The van der Waals surface area contributed by atoms with Crippen molar-refractivity contribution in [2.75, 3.05) is 46.4 Å². The quantitative estimate of drug-likeness (QED) is 0.748. The van der Waals surface area contributed by atoms with Crippen molar-refractivity contribution < 1.29 is 4.74 Å². The smallest absolute Gasteiger partial charge is 0.0480 e. The van der Waals surface area contributed by atoms with Crippen LogP contribution in [0.2, 0.25) is 0 Å². The second kappa shape index (κ2) is 6.69. The summed E-state index contributed by atoms with van der Waals surface area (Å²) in [5.74, 6) is 0. The van der Waals surface area contributed by atoms with Crippen molar-refractivity contribution in [3.8, 4) is 0 Å². The van der Waals surface area contributed by atoms with E-state index in [1.807, 2.05) is 0 Å². The van der Waals surface area contributed by atoms with Gasteiger partial charge in [-0.1, -0.05) is 0 Å². The zero-order chi connectivity index (χ0) is 12.9. The Labute approximate surface area is 106 Å². The zero-order valence-electron chi connectivity index (χ0n) is 11.9. The van der Waals surface area contributed by atoms with Crippen LogP contribution in [0.5, 0.6) is 0 Å². The number of methoxy groups -OCH3 is 1. The summed E-state index contributed by atoms with van der Waals surface area (Å²) in [6.45, 7) is 12.8. The van der Waals surface area contributed by atoms with Gasteiger partial charge in [0.25, 0.3) is 0 Å². The van der Waals surface area contributed by atoms with Gasteiger partial charge in [0, 0.05) is 58.0 Å². The van der Waals surface area contributed by atoms with Crippen molar-refractivity contribution in [1.82, 2.24) is 9.80 Å². The van der Waals surface area contributed by atoms with Crippen molar-refractivity contribution in [3.63, 3.8) is 0 Å². The van der Waals surface area contributed by atoms with Crippen LogP contribution in [0.4, 0.5) is 0 Å². The lowest BCUT2D eigenvalue weighted by Crippen LogP contribution is -2.59. The van der Waals surface area contributed by atoms with Crippen molar-refractivity contribution in [2.45, 2.75) is 38.8 Å². The van der Waals surface area contributed by atoms with Crippen LogP contribution in [0.1, 0.15) is 27.2 Å². The van der Waals surface area contributed by atoms with E-state index in [-0.39, 0.29) is 5.54 Å². The van der Waals surface area contributed by atoms with Gasteiger partial charge in [-0.3, -0.25) is 9.80 Å². The molecule has 2 N–H and O–H groups in total. The van der Waals surface area contributed by atoms with E-state index in [1.54, 1.807) is 7.11 Å². The summed E-state index contributed by atoms with van der Waals surface area (Å²) in [4.78, 5) is 5.06. The summed E-state index contributed by atoms with van der Waals surface area (Å²) in [6, 6.07) is 0.653. The van der Waals surface area contributed by atoms with Gasteiger partial charge in [-0.25, -0.2) is 0 Å². The van der Waals surface area contributed by atoms with Gasteiger partial charge < -0.3 is 10.5 Å². The van der Waals surface area contributed by atoms with Gasteiger partial charge in [0.05, 0.1) is 0 Å². The predicted molar refractivity (Wildman–Crippen MR) is 72.2 cm³/mol. The van der Waals surface area contributed by atoms with Gasteiger partial charge in [-0.2, -0.15) is 0 Å². The third kappa shape index (κ3) is 3.91. The summed E-state index contributed by atoms with van der Waals surface area (Å²) in [5, 5.41) is 0. The molecule has 0 bridgehead atoms. The number of nitrogens with two attached hydrogens (primary N) is 1. The molecule has 0 aromatic heterocycles. The van der Waals surface area contributed by atoms with E-state index in [4.69, 9.17) is 10.5 Å². The molecular weight excluding hydrogens is 214 g/mol. The summed E-state index contributed by atoms with van der Waals surface area (Å²) in [5.41, 5.74) is 6.06. The Kier molecular flexibility index (Phi) is 5.86. The van der Waals surface area contributed by atoms with E-state index in [0.717, 1.165) is 39.2 Å². The lowest BCUT2D eigenvalue weighted by Gasteiger charge is -2.46. The van der Waals surface area contributed by atoms with E-state index >= 15 is 0 Å². The van der Waals surface area contributed by atoms with Crippen LogP contribution in [-0.2, 0) is 4.74 Å². The Morgan fingerprint density at radius 3 is 2.24 bits per heavy atom. The highest BCUT2D eigenvalue weighted by molar-refractivity contribution is 4.90. The maximum atomic E-state index is 5.96. The molecule has 1 rings (SSSR count). The molecule has 1 aliphatic heterocycles. The highest BCUT2D eigenvalue weighted by Gasteiger charge is 2.32. The fourth-order valence-corrected chi connectivity index (χ4v) is 2.49. The van der Waals surface area contributed by atoms with Crippen LogP contribution in [0.15, 0.2) is 0 Å². The standard InChI is InChI=1S/C13H29N3O/c1-12(2)15-6-8-16(9-7-15)13(3,11-14)5-10-17-4/h12H,5-11,14H2,1-4H3. The molecule has 102 valence electrons. The van der Waals surface area contributed by atoms with Crippen LogP contribution in [0.25, 0.3) is 0 Å². The lowest BCUT2D eigenvalue weighted by atomic mass is 9.94. The number of piperazine rings is 1. The summed E-state index contributed by atoms with van der Waals surface area (Å²) >= 11 is 0. The average Bonchev–Trinajstić information content (AvgIpc) is 2.36. The lowest BCUT2D eigenvalue weighted by molar-refractivity contribution is 0.0176. The largest absolute Gasteiger partial charge is 0.385 e. The van der Waals surface area contributed by atoms with Crippen LogP contribution in [0.3, 0.4) is 0 Å².